The smallest absolute Gasteiger partial charge is 0.302 e. The quantitative estimate of drug-likeness (QED) is 0.705. The summed E-state index contributed by atoms with van der Waals surface area (Å²) >= 11 is 0. The summed E-state index contributed by atoms with van der Waals surface area (Å²) in [5.41, 5.74) is -1.82. The highest BCUT2D eigenvalue weighted by Gasteiger charge is 2.69. The molecular weight excluding hydrogens is 356 g/mol. The number of hydrogen-bond donors (Lipinski definition) is 2. The van der Waals surface area contributed by atoms with E-state index in [1.54, 1.807) is 0 Å². The SMILES string of the molecule is CC(=O)O[C@@H]1CC2(C)C(CC[C@]2(O)C(C)=O)C2CCC3C[C@H](O)CCC3(C)C21. The van der Waals surface area contributed by atoms with Gasteiger partial charge in [-0.1, -0.05) is 13.8 Å². The number of hydrogen-bond acceptors (Lipinski definition) is 5. The Labute approximate surface area is 168 Å². The minimum Gasteiger partial charge on any atom is -0.462 e. The predicted octanol–water partition coefficient (Wildman–Crippen LogP) is 3.25. The lowest BCUT2D eigenvalue weighted by Gasteiger charge is -2.63. The van der Waals surface area contributed by atoms with E-state index in [0.29, 0.717) is 24.7 Å². The summed E-state index contributed by atoms with van der Waals surface area (Å²) in [6.45, 7) is 7.35. The molecule has 0 aromatic heterocycles. The van der Waals surface area contributed by atoms with E-state index >= 15 is 0 Å². The van der Waals surface area contributed by atoms with Crippen molar-refractivity contribution in [3.05, 3.63) is 0 Å². The molecule has 4 fully saturated rings. The Bertz CT molecular complexity index is 676. The van der Waals surface area contributed by atoms with E-state index in [-0.39, 0.29) is 41.2 Å². The second-order valence-corrected chi connectivity index (χ2v) is 10.7. The van der Waals surface area contributed by atoms with E-state index in [4.69, 9.17) is 4.74 Å². The molecule has 0 bridgehead atoms. The fourth-order valence-electron chi connectivity index (χ4n) is 8.23. The van der Waals surface area contributed by atoms with Crippen molar-refractivity contribution >= 4 is 11.8 Å². The van der Waals surface area contributed by atoms with Gasteiger partial charge in [0.1, 0.15) is 11.7 Å². The van der Waals surface area contributed by atoms with Gasteiger partial charge < -0.3 is 14.9 Å². The van der Waals surface area contributed by atoms with Gasteiger partial charge in [-0.3, -0.25) is 9.59 Å². The Hall–Kier alpha value is -0.940. The average Bonchev–Trinajstić information content (AvgIpc) is 2.87. The van der Waals surface area contributed by atoms with Crippen molar-refractivity contribution in [2.24, 2.45) is 34.5 Å². The third kappa shape index (κ3) is 2.64. The Morgan fingerprint density at radius 3 is 2.39 bits per heavy atom. The van der Waals surface area contributed by atoms with Crippen LogP contribution in [0.5, 0.6) is 0 Å². The van der Waals surface area contributed by atoms with Crippen LogP contribution in [0, 0.1) is 34.5 Å². The first kappa shape index (κ1) is 20.3. The van der Waals surface area contributed by atoms with Crippen LogP contribution in [0.3, 0.4) is 0 Å². The van der Waals surface area contributed by atoms with Gasteiger partial charge in [-0.25, -0.2) is 0 Å². The summed E-state index contributed by atoms with van der Waals surface area (Å²) in [5, 5.41) is 21.6. The van der Waals surface area contributed by atoms with Crippen molar-refractivity contribution in [1.82, 2.24) is 0 Å². The molecular formula is C23H36O5. The second-order valence-electron chi connectivity index (χ2n) is 10.7. The third-order valence-electron chi connectivity index (χ3n) is 9.60. The molecule has 9 atom stereocenters. The van der Waals surface area contributed by atoms with Crippen LogP contribution in [-0.4, -0.2) is 39.8 Å². The minimum absolute atomic E-state index is 0.0422. The van der Waals surface area contributed by atoms with E-state index in [1.807, 2.05) is 0 Å². The fourth-order valence-corrected chi connectivity index (χ4v) is 8.23. The van der Waals surface area contributed by atoms with Crippen molar-refractivity contribution in [3.8, 4) is 0 Å². The Morgan fingerprint density at radius 1 is 1.04 bits per heavy atom. The molecule has 0 amide bonds. The summed E-state index contributed by atoms with van der Waals surface area (Å²) < 4.78 is 5.92. The molecule has 0 aliphatic heterocycles. The van der Waals surface area contributed by atoms with Crippen LogP contribution in [0.25, 0.3) is 0 Å². The second kappa shape index (κ2) is 6.53. The number of ketones is 1. The van der Waals surface area contributed by atoms with Crippen molar-refractivity contribution < 1.29 is 24.5 Å². The standard InChI is InChI=1S/C23H36O5/c1-13(24)23(27)10-8-18-17-6-5-15-11-16(26)7-9-21(15,3)20(17)19(28-14(2)25)12-22(18,23)4/h15-20,26-27H,5-12H2,1-4H3/t15?,16-,17?,18?,19-,20?,21?,22?,23+/m1/s1. The number of carbonyl (C=O) groups is 2. The third-order valence-corrected chi connectivity index (χ3v) is 9.60. The molecule has 4 saturated carbocycles. The van der Waals surface area contributed by atoms with E-state index in [0.717, 1.165) is 38.5 Å². The molecule has 0 heterocycles. The molecule has 5 nitrogen and oxygen atoms in total. The number of rotatable bonds is 2. The number of esters is 1. The Balaban J connectivity index is 1.76. The van der Waals surface area contributed by atoms with Crippen LogP contribution in [0.2, 0.25) is 0 Å². The summed E-state index contributed by atoms with van der Waals surface area (Å²) in [5.74, 6) is 0.897. The Morgan fingerprint density at radius 2 is 1.75 bits per heavy atom. The van der Waals surface area contributed by atoms with Gasteiger partial charge in [0.15, 0.2) is 5.78 Å². The summed E-state index contributed by atoms with van der Waals surface area (Å²) in [4.78, 5) is 24.5. The van der Waals surface area contributed by atoms with Crippen molar-refractivity contribution in [2.75, 3.05) is 0 Å². The molecule has 0 spiro atoms. The highest BCUT2D eigenvalue weighted by molar-refractivity contribution is 5.86. The highest BCUT2D eigenvalue weighted by atomic mass is 16.5. The monoisotopic (exact) mass is 392 g/mol. The number of fused-ring (bicyclic) bond motifs is 5. The molecule has 2 N–H and O–H groups in total. The number of ether oxygens (including phenoxy) is 1. The first-order chi connectivity index (χ1) is 13.0. The van der Waals surface area contributed by atoms with Gasteiger partial charge >= 0.3 is 5.97 Å². The van der Waals surface area contributed by atoms with Crippen molar-refractivity contribution in [1.29, 1.82) is 0 Å². The summed E-state index contributed by atoms with van der Waals surface area (Å²) in [6, 6.07) is 0. The van der Waals surface area contributed by atoms with Crippen molar-refractivity contribution in [2.45, 2.75) is 96.9 Å². The zero-order valence-electron chi connectivity index (χ0n) is 17.7. The maximum atomic E-state index is 12.5. The lowest BCUT2D eigenvalue weighted by atomic mass is 9.43. The van der Waals surface area contributed by atoms with Gasteiger partial charge in [0, 0.05) is 18.3 Å². The molecule has 158 valence electrons. The number of aliphatic hydroxyl groups is 2. The summed E-state index contributed by atoms with van der Waals surface area (Å²) in [6.07, 6.45) is 6.16. The molecule has 6 unspecified atom stereocenters. The van der Waals surface area contributed by atoms with Gasteiger partial charge in [0.05, 0.1) is 6.10 Å². The zero-order valence-corrected chi connectivity index (χ0v) is 17.7. The molecule has 28 heavy (non-hydrogen) atoms. The van der Waals surface area contributed by atoms with Gasteiger partial charge in [0.2, 0.25) is 0 Å². The average molecular weight is 393 g/mol. The van der Waals surface area contributed by atoms with Gasteiger partial charge in [0.25, 0.3) is 0 Å². The van der Waals surface area contributed by atoms with Crippen LogP contribution in [-0.2, 0) is 14.3 Å². The van der Waals surface area contributed by atoms with Crippen LogP contribution in [0.15, 0.2) is 0 Å². The largest absolute Gasteiger partial charge is 0.462 e. The van der Waals surface area contributed by atoms with Gasteiger partial charge in [-0.05, 0) is 81.5 Å². The first-order valence-corrected chi connectivity index (χ1v) is 11.1. The van der Waals surface area contributed by atoms with Crippen molar-refractivity contribution in [3.63, 3.8) is 0 Å². The molecule has 0 saturated heterocycles. The predicted molar refractivity (Wildman–Crippen MR) is 104 cm³/mol. The fraction of sp³-hybridized carbons (Fsp3) is 0.913. The Kier molecular flexibility index (Phi) is 4.74. The number of Topliss-reactive ketones (excluding diaryl/α,β-unsaturated/α-hetero) is 1. The van der Waals surface area contributed by atoms with E-state index in [2.05, 4.69) is 13.8 Å². The normalized spacial score (nSPS) is 52.9. The van der Waals surface area contributed by atoms with Crippen LogP contribution in [0.1, 0.15) is 79.1 Å². The lowest BCUT2D eigenvalue weighted by Crippen LogP contribution is -2.63. The van der Waals surface area contributed by atoms with Gasteiger partial charge in [-0.2, -0.15) is 0 Å². The van der Waals surface area contributed by atoms with E-state index < -0.39 is 11.0 Å². The lowest BCUT2D eigenvalue weighted by molar-refractivity contribution is -0.212. The maximum absolute atomic E-state index is 12.5. The first-order valence-electron chi connectivity index (χ1n) is 11.1. The summed E-state index contributed by atoms with van der Waals surface area (Å²) in [7, 11) is 0. The van der Waals surface area contributed by atoms with Crippen LogP contribution < -0.4 is 0 Å². The molecule has 5 heteroatoms. The topological polar surface area (TPSA) is 83.8 Å². The molecule has 0 radical (unpaired) electrons. The number of aliphatic hydroxyl groups excluding tert-OH is 1. The van der Waals surface area contributed by atoms with E-state index in [1.165, 1.54) is 13.8 Å². The minimum atomic E-state index is -1.32. The van der Waals surface area contributed by atoms with Crippen LogP contribution >= 0.6 is 0 Å². The molecule has 0 aromatic carbocycles. The molecule has 4 rings (SSSR count). The zero-order chi connectivity index (χ0) is 20.5. The van der Waals surface area contributed by atoms with E-state index in [9.17, 15) is 19.8 Å². The molecule has 4 aliphatic carbocycles. The highest BCUT2D eigenvalue weighted by Crippen LogP contribution is 2.68. The van der Waals surface area contributed by atoms with Crippen LogP contribution in [0.4, 0.5) is 0 Å². The molecule has 4 aliphatic rings. The maximum Gasteiger partial charge on any atom is 0.302 e. The molecule has 0 aromatic rings. The number of carbonyl (C=O) groups excluding carboxylic acids is 2. The van der Waals surface area contributed by atoms with Gasteiger partial charge in [-0.15, -0.1) is 0 Å².